The quantitative estimate of drug-likeness (QED) is 0.601. The van der Waals surface area contributed by atoms with Gasteiger partial charge in [-0.2, -0.15) is 0 Å². The Kier molecular flexibility index (Phi) is 3.11. The average Bonchev–Trinajstić information content (AvgIpc) is 2.52. The van der Waals surface area contributed by atoms with Gasteiger partial charge in [0.25, 0.3) is 0 Å². The van der Waals surface area contributed by atoms with Crippen LogP contribution in [0.2, 0.25) is 0 Å². The van der Waals surface area contributed by atoms with Crippen molar-refractivity contribution in [1.29, 1.82) is 0 Å². The van der Waals surface area contributed by atoms with E-state index in [4.69, 9.17) is 4.74 Å². The normalized spacial score (nSPS) is 23.1. The summed E-state index contributed by atoms with van der Waals surface area (Å²) in [7, 11) is 0. The lowest BCUT2D eigenvalue weighted by molar-refractivity contribution is -0.129. The Bertz CT molecular complexity index is 150. The molecule has 0 aromatic heterocycles. The van der Waals surface area contributed by atoms with Crippen LogP contribution in [0, 0.1) is 0 Å². The van der Waals surface area contributed by atoms with E-state index in [0.717, 1.165) is 12.8 Å². The molecule has 0 aliphatic carbocycles. The van der Waals surface area contributed by atoms with Gasteiger partial charge in [0.05, 0.1) is 0 Å². The van der Waals surface area contributed by atoms with Crippen molar-refractivity contribution < 1.29 is 9.53 Å². The van der Waals surface area contributed by atoms with Crippen molar-refractivity contribution in [3.63, 3.8) is 0 Å². The summed E-state index contributed by atoms with van der Waals surface area (Å²) in [6.45, 7) is 4.74. The van der Waals surface area contributed by atoms with E-state index >= 15 is 0 Å². The maximum Gasteiger partial charge on any atom is 0.249 e. The summed E-state index contributed by atoms with van der Waals surface area (Å²) >= 11 is 0. The summed E-state index contributed by atoms with van der Waals surface area (Å²) in [6, 6.07) is 0. The minimum atomic E-state index is -0.213. The van der Waals surface area contributed by atoms with Crippen molar-refractivity contribution in [3.05, 3.63) is 12.7 Å². The standard InChI is InChI=1S/C8H13NO2/c1-2-5-9-8(10)7-4-3-6-11-7/h2,7H,1,3-6H2,(H,9,10)/t7-/m0/s1. The van der Waals surface area contributed by atoms with Gasteiger partial charge in [0.15, 0.2) is 0 Å². The lowest BCUT2D eigenvalue weighted by atomic mass is 10.2. The molecule has 1 aliphatic heterocycles. The molecule has 1 rings (SSSR count). The van der Waals surface area contributed by atoms with Gasteiger partial charge in [-0.05, 0) is 12.8 Å². The predicted molar refractivity (Wildman–Crippen MR) is 42.2 cm³/mol. The monoisotopic (exact) mass is 155 g/mol. The molecule has 3 nitrogen and oxygen atoms in total. The fourth-order valence-electron chi connectivity index (χ4n) is 1.07. The summed E-state index contributed by atoms with van der Waals surface area (Å²) in [5, 5.41) is 2.69. The number of ether oxygens (including phenoxy) is 1. The first-order chi connectivity index (χ1) is 5.34. The third-order valence-electron chi connectivity index (χ3n) is 1.64. The molecular weight excluding hydrogens is 142 g/mol. The number of hydrogen-bond donors (Lipinski definition) is 1. The Morgan fingerprint density at radius 3 is 3.18 bits per heavy atom. The lowest BCUT2D eigenvalue weighted by Gasteiger charge is -2.07. The highest BCUT2D eigenvalue weighted by Crippen LogP contribution is 2.11. The molecule has 1 aliphatic rings. The minimum absolute atomic E-state index is 0.0117. The van der Waals surface area contributed by atoms with Crippen LogP contribution in [0.25, 0.3) is 0 Å². The average molecular weight is 155 g/mol. The second-order valence-electron chi connectivity index (χ2n) is 2.54. The Morgan fingerprint density at radius 1 is 1.82 bits per heavy atom. The molecule has 1 saturated heterocycles. The zero-order chi connectivity index (χ0) is 8.10. The van der Waals surface area contributed by atoms with E-state index < -0.39 is 0 Å². The highest BCUT2D eigenvalue weighted by molar-refractivity contribution is 5.81. The molecule has 3 heteroatoms. The van der Waals surface area contributed by atoms with Crippen molar-refractivity contribution in [1.82, 2.24) is 5.32 Å². The van der Waals surface area contributed by atoms with E-state index in [1.165, 1.54) is 0 Å². The highest BCUT2D eigenvalue weighted by atomic mass is 16.5. The van der Waals surface area contributed by atoms with Crippen LogP contribution in [0.4, 0.5) is 0 Å². The number of carbonyl (C=O) groups is 1. The summed E-state index contributed by atoms with van der Waals surface area (Å²) in [6.07, 6.45) is 3.29. The molecule has 0 aromatic carbocycles. The summed E-state index contributed by atoms with van der Waals surface area (Å²) < 4.78 is 5.17. The molecule has 1 fully saturated rings. The smallest absolute Gasteiger partial charge is 0.249 e. The van der Waals surface area contributed by atoms with Crippen LogP contribution >= 0.6 is 0 Å². The third-order valence-corrected chi connectivity index (χ3v) is 1.64. The van der Waals surface area contributed by atoms with Crippen LogP contribution in [0.1, 0.15) is 12.8 Å². The molecule has 0 spiro atoms. The van der Waals surface area contributed by atoms with E-state index in [2.05, 4.69) is 11.9 Å². The molecule has 1 amide bonds. The van der Waals surface area contributed by atoms with E-state index in [0.29, 0.717) is 13.2 Å². The molecule has 1 heterocycles. The Labute approximate surface area is 66.4 Å². The van der Waals surface area contributed by atoms with Crippen molar-refractivity contribution in [2.75, 3.05) is 13.2 Å². The van der Waals surface area contributed by atoms with Gasteiger partial charge in [-0.15, -0.1) is 6.58 Å². The topological polar surface area (TPSA) is 38.3 Å². The van der Waals surface area contributed by atoms with Crippen LogP contribution in [0.5, 0.6) is 0 Å². The van der Waals surface area contributed by atoms with E-state index in [1.807, 2.05) is 0 Å². The Morgan fingerprint density at radius 2 is 2.64 bits per heavy atom. The van der Waals surface area contributed by atoms with Crippen molar-refractivity contribution >= 4 is 5.91 Å². The second-order valence-corrected chi connectivity index (χ2v) is 2.54. The first-order valence-electron chi connectivity index (χ1n) is 3.85. The first-order valence-corrected chi connectivity index (χ1v) is 3.85. The fourth-order valence-corrected chi connectivity index (χ4v) is 1.07. The van der Waals surface area contributed by atoms with Gasteiger partial charge in [0.2, 0.25) is 5.91 Å². The maximum atomic E-state index is 11.1. The van der Waals surface area contributed by atoms with Crippen LogP contribution < -0.4 is 5.32 Å². The minimum Gasteiger partial charge on any atom is -0.368 e. The molecule has 0 radical (unpaired) electrons. The first kappa shape index (κ1) is 8.27. The van der Waals surface area contributed by atoms with Gasteiger partial charge >= 0.3 is 0 Å². The molecule has 1 N–H and O–H groups in total. The lowest BCUT2D eigenvalue weighted by Crippen LogP contribution is -2.33. The van der Waals surface area contributed by atoms with Gasteiger partial charge in [-0.25, -0.2) is 0 Å². The van der Waals surface area contributed by atoms with Gasteiger partial charge in [-0.3, -0.25) is 4.79 Å². The van der Waals surface area contributed by atoms with Gasteiger partial charge < -0.3 is 10.1 Å². The number of carbonyl (C=O) groups excluding carboxylic acids is 1. The Balaban J connectivity index is 2.22. The molecule has 0 unspecified atom stereocenters. The molecular formula is C8H13NO2. The van der Waals surface area contributed by atoms with Crippen molar-refractivity contribution in [3.8, 4) is 0 Å². The summed E-state index contributed by atoms with van der Waals surface area (Å²) in [5.41, 5.74) is 0. The van der Waals surface area contributed by atoms with Crippen LogP contribution in [-0.2, 0) is 9.53 Å². The van der Waals surface area contributed by atoms with Crippen LogP contribution in [0.3, 0.4) is 0 Å². The SMILES string of the molecule is C=CCNC(=O)[C@@H]1CCCO1. The zero-order valence-corrected chi connectivity index (χ0v) is 6.51. The zero-order valence-electron chi connectivity index (χ0n) is 6.51. The van der Waals surface area contributed by atoms with Gasteiger partial charge in [0, 0.05) is 13.2 Å². The van der Waals surface area contributed by atoms with Gasteiger partial charge in [0.1, 0.15) is 6.10 Å². The molecule has 0 bridgehead atoms. The van der Waals surface area contributed by atoms with Crippen molar-refractivity contribution in [2.24, 2.45) is 0 Å². The maximum absolute atomic E-state index is 11.1. The Hall–Kier alpha value is -0.830. The fraction of sp³-hybridized carbons (Fsp3) is 0.625. The van der Waals surface area contributed by atoms with E-state index in [9.17, 15) is 4.79 Å². The summed E-state index contributed by atoms with van der Waals surface area (Å²) in [5.74, 6) is -0.0117. The predicted octanol–water partition coefficient (Wildman–Crippen LogP) is 0.468. The van der Waals surface area contributed by atoms with Gasteiger partial charge in [-0.1, -0.05) is 6.08 Å². The third kappa shape index (κ3) is 2.35. The molecule has 1 atom stereocenters. The number of nitrogens with one attached hydrogen (secondary N) is 1. The number of rotatable bonds is 3. The number of hydrogen-bond acceptors (Lipinski definition) is 2. The highest BCUT2D eigenvalue weighted by Gasteiger charge is 2.22. The molecule has 0 aromatic rings. The van der Waals surface area contributed by atoms with Crippen LogP contribution in [0.15, 0.2) is 12.7 Å². The molecule has 11 heavy (non-hydrogen) atoms. The van der Waals surface area contributed by atoms with Crippen molar-refractivity contribution in [2.45, 2.75) is 18.9 Å². The number of amides is 1. The summed E-state index contributed by atoms with van der Waals surface area (Å²) in [4.78, 5) is 11.1. The largest absolute Gasteiger partial charge is 0.368 e. The van der Waals surface area contributed by atoms with Crippen LogP contribution in [-0.4, -0.2) is 25.2 Å². The van der Waals surface area contributed by atoms with E-state index in [1.54, 1.807) is 6.08 Å². The molecule has 62 valence electrons. The molecule has 0 saturated carbocycles. The second kappa shape index (κ2) is 4.13. The van der Waals surface area contributed by atoms with E-state index in [-0.39, 0.29) is 12.0 Å².